The van der Waals surface area contributed by atoms with Crippen molar-refractivity contribution in [3.8, 4) is 0 Å². The van der Waals surface area contributed by atoms with Crippen LogP contribution in [0, 0.1) is 0 Å². The Hall–Kier alpha value is -1.08. The van der Waals surface area contributed by atoms with E-state index >= 15 is 0 Å². The van der Waals surface area contributed by atoms with Gasteiger partial charge in [0.15, 0.2) is 0 Å². The van der Waals surface area contributed by atoms with Gasteiger partial charge in [-0.3, -0.25) is 0 Å². The van der Waals surface area contributed by atoms with Crippen LogP contribution in [-0.4, -0.2) is 9.52 Å². The Morgan fingerprint density at radius 3 is 2.32 bits per heavy atom. The van der Waals surface area contributed by atoms with Gasteiger partial charge in [-0.1, -0.05) is 54.9 Å². The molecule has 1 aliphatic rings. The zero-order valence-electron chi connectivity index (χ0n) is 12.8. The van der Waals surface area contributed by atoms with Gasteiger partial charge in [0.1, 0.15) is 0 Å². The SMILES string of the molecule is CCCCc1ccc(C2=C(C)CC([SiH2]C)=C2C)cc1. The first-order valence-electron chi connectivity index (χ1n) is 7.65. The molecule has 102 valence electrons. The summed E-state index contributed by atoms with van der Waals surface area (Å²) in [5, 5.41) is 1.75. The van der Waals surface area contributed by atoms with E-state index < -0.39 is 0 Å². The molecule has 0 N–H and O–H groups in total. The quantitative estimate of drug-likeness (QED) is 0.681. The number of benzene rings is 1. The molecule has 0 aliphatic heterocycles. The lowest BCUT2D eigenvalue weighted by molar-refractivity contribution is 0.795. The van der Waals surface area contributed by atoms with Crippen LogP contribution in [0.2, 0.25) is 6.55 Å². The molecule has 0 unspecified atom stereocenters. The maximum Gasteiger partial charge on any atom is 0.0473 e. The molecule has 0 saturated heterocycles. The van der Waals surface area contributed by atoms with Crippen LogP contribution in [0.1, 0.15) is 51.2 Å². The molecule has 0 amide bonds. The molecule has 0 bridgehead atoms. The van der Waals surface area contributed by atoms with Gasteiger partial charge in [0.25, 0.3) is 0 Å². The summed E-state index contributed by atoms with van der Waals surface area (Å²) in [5.41, 5.74) is 7.59. The van der Waals surface area contributed by atoms with Gasteiger partial charge in [0.05, 0.1) is 0 Å². The fourth-order valence-corrected chi connectivity index (χ4v) is 4.44. The minimum atomic E-state index is -0.00668. The molecule has 0 spiro atoms. The molecule has 0 atom stereocenters. The predicted molar refractivity (Wildman–Crippen MR) is 89.4 cm³/mol. The lowest BCUT2D eigenvalue weighted by Crippen LogP contribution is -1.91. The summed E-state index contributed by atoms with van der Waals surface area (Å²) in [6.45, 7) is 9.29. The van der Waals surface area contributed by atoms with Gasteiger partial charge < -0.3 is 0 Å². The minimum absolute atomic E-state index is 0.00668. The average molecular weight is 270 g/mol. The van der Waals surface area contributed by atoms with E-state index in [9.17, 15) is 0 Å². The van der Waals surface area contributed by atoms with Crippen molar-refractivity contribution in [3.05, 3.63) is 51.7 Å². The van der Waals surface area contributed by atoms with Crippen molar-refractivity contribution in [1.29, 1.82) is 0 Å². The van der Waals surface area contributed by atoms with Gasteiger partial charge in [-0.05, 0) is 55.4 Å². The Kier molecular flexibility index (Phi) is 4.81. The summed E-state index contributed by atoms with van der Waals surface area (Å²) < 4.78 is 0. The molecule has 0 heterocycles. The molecule has 0 saturated carbocycles. The summed E-state index contributed by atoms with van der Waals surface area (Å²) in [4.78, 5) is 0. The van der Waals surface area contributed by atoms with Crippen LogP contribution in [0.25, 0.3) is 5.57 Å². The largest absolute Gasteiger partial charge is 0.0807 e. The summed E-state index contributed by atoms with van der Waals surface area (Å²) in [6.07, 6.45) is 5.03. The minimum Gasteiger partial charge on any atom is -0.0807 e. The van der Waals surface area contributed by atoms with E-state index in [2.05, 4.69) is 51.6 Å². The van der Waals surface area contributed by atoms with Crippen molar-refractivity contribution in [3.63, 3.8) is 0 Å². The number of allylic oxidation sites excluding steroid dienone is 4. The molecule has 1 aromatic carbocycles. The number of hydrogen-bond donors (Lipinski definition) is 0. The average Bonchev–Trinajstić information content (AvgIpc) is 2.72. The van der Waals surface area contributed by atoms with E-state index in [1.54, 1.807) is 16.3 Å². The van der Waals surface area contributed by atoms with Crippen LogP contribution in [0.4, 0.5) is 0 Å². The van der Waals surface area contributed by atoms with Crippen LogP contribution < -0.4 is 0 Å². The Bertz CT molecular complexity index is 503. The van der Waals surface area contributed by atoms with E-state index in [1.165, 1.54) is 42.4 Å². The number of unbranched alkanes of at least 4 members (excludes halogenated alkanes) is 1. The van der Waals surface area contributed by atoms with Crippen molar-refractivity contribution in [2.45, 2.75) is 53.0 Å². The molecule has 0 radical (unpaired) electrons. The Balaban J connectivity index is 2.23. The number of aryl methyl sites for hydroxylation is 1. The third-order valence-corrected chi connectivity index (χ3v) is 5.93. The second kappa shape index (κ2) is 6.38. The Morgan fingerprint density at radius 1 is 1.11 bits per heavy atom. The highest BCUT2D eigenvalue weighted by Gasteiger charge is 2.18. The Labute approximate surface area is 120 Å². The molecule has 0 fully saturated rings. The smallest absolute Gasteiger partial charge is 0.0473 e. The monoisotopic (exact) mass is 270 g/mol. The molecule has 1 heteroatoms. The summed E-state index contributed by atoms with van der Waals surface area (Å²) in [5.74, 6) is 0. The third-order valence-electron chi connectivity index (χ3n) is 4.30. The second-order valence-corrected chi connectivity index (χ2v) is 7.28. The predicted octanol–water partition coefficient (Wildman–Crippen LogP) is 4.70. The zero-order chi connectivity index (χ0) is 13.8. The molecular formula is C18H26Si. The van der Waals surface area contributed by atoms with Crippen molar-refractivity contribution >= 4 is 15.1 Å². The number of hydrogen-bond acceptors (Lipinski definition) is 0. The third kappa shape index (κ3) is 3.09. The van der Waals surface area contributed by atoms with E-state index in [0.717, 1.165) is 0 Å². The van der Waals surface area contributed by atoms with Crippen molar-refractivity contribution < 1.29 is 0 Å². The highest BCUT2D eigenvalue weighted by atomic mass is 28.2. The maximum absolute atomic E-state index is 2.41. The van der Waals surface area contributed by atoms with Crippen LogP contribution >= 0.6 is 0 Å². The molecule has 0 nitrogen and oxygen atoms in total. The van der Waals surface area contributed by atoms with Crippen molar-refractivity contribution in [2.24, 2.45) is 0 Å². The highest BCUT2D eigenvalue weighted by molar-refractivity contribution is 6.45. The second-order valence-electron chi connectivity index (χ2n) is 5.71. The van der Waals surface area contributed by atoms with E-state index in [4.69, 9.17) is 0 Å². The molecule has 0 aromatic heterocycles. The summed E-state index contributed by atoms with van der Waals surface area (Å²) >= 11 is 0. The van der Waals surface area contributed by atoms with Gasteiger partial charge in [-0.2, -0.15) is 0 Å². The van der Waals surface area contributed by atoms with Gasteiger partial charge in [-0.25, -0.2) is 0 Å². The molecule has 2 rings (SSSR count). The fourth-order valence-electron chi connectivity index (χ4n) is 3.11. The van der Waals surface area contributed by atoms with E-state index in [0.29, 0.717) is 0 Å². The standard InChI is InChI=1S/C18H26Si/c1-5-6-7-15-8-10-16(11-9-15)18-13(2)12-17(19-4)14(18)3/h8-11H,5-7,12,19H2,1-4H3. The highest BCUT2D eigenvalue weighted by Crippen LogP contribution is 2.37. The molecule has 1 aromatic rings. The summed E-state index contributed by atoms with van der Waals surface area (Å²) in [6, 6.07) is 9.29. The van der Waals surface area contributed by atoms with Gasteiger partial charge in [0, 0.05) is 9.52 Å². The van der Waals surface area contributed by atoms with Crippen molar-refractivity contribution in [1.82, 2.24) is 0 Å². The lowest BCUT2D eigenvalue weighted by Gasteiger charge is -2.09. The van der Waals surface area contributed by atoms with E-state index in [1.807, 2.05) is 0 Å². The van der Waals surface area contributed by atoms with Crippen LogP contribution in [0.3, 0.4) is 0 Å². The topological polar surface area (TPSA) is 0 Å². The fraction of sp³-hybridized carbons (Fsp3) is 0.444. The van der Waals surface area contributed by atoms with Crippen LogP contribution in [0.15, 0.2) is 40.6 Å². The van der Waals surface area contributed by atoms with Crippen LogP contribution in [0.5, 0.6) is 0 Å². The molecule has 1 aliphatic carbocycles. The lowest BCUT2D eigenvalue weighted by atomic mass is 9.97. The molecular weight excluding hydrogens is 244 g/mol. The maximum atomic E-state index is 2.41. The zero-order valence-corrected chi connectivity index (χ0v) is 14.3. The van der Waals surface area contributed by atoms with Crippen LogP contribution in [-0.2, 0) is 6.42 Å². The van der Waals surface area contributed by atoms with Gasteiger partial charge in [-0.15, -0.1) is 0 Å². The van der Waals surface area contributed by atoms with E-state index in [-0.39, 0.29) is 9.52 Å². The van der Waals surface area contributed by atoms with Gasteiger partial charge >= 0.3 is 0 Å². The first kappa shape index (κ1) is 14.3. The normalized spacial score (nSPS) is 16.2. The Morgan fingerprint density at radius 2 is 1.79 bits per heavy atom. The summed E-state index contributed by atoms with van der Waals surface area (Å²) in [7, 11) is -0.00668. The first-order chi connectivity index (χ1) is 9.17. The number of rotatable bonds is 5. The van der Waals surface area contributed by atoms with Crippen molar-refractivity contribution in [2.75, 3.05) is 0 Å². The molecule has 19 heavy (non-hydrogen) atoms. The first-order valence-corrected chi connectivity index (χ1v) is 9.77. The van der Waals surface area contributed by atoms with Gasteiger partial charge in [0.2, 0.25) is 0 Å².